The van der Waals surface area contributed by atoms with E-state index in [9.17, 15) is 4.79 Å². The predicted molar refractivity (Wildman–Crippen MR) is 92.1 cm³/mol. The fourth-order valence-electron chi connectivity index (χ4n) is 2.56. The van der Waals surface area contributed by atoms with Crippen LogP contribution in [0.4, 0.5) is 0 Å². The van der Waals surface area contributed by atoms with Crippen molar-refractivity contribution in [2.24, 2.45) is 10.7 Å². The molecule has 3 heterocycles. The molecule has 1 fully saturated rings. The summed E-state index contributed by atoms with van der Waals surface area (Å²) >= 11 is 0. The lowest BCUT2D eigenvalue weighted by molar-refractivity contribution is 0.257. The van der Waals surface area contributed by atoms with E-state index in [1.165, 1.54) is 12.4 Å². The molecule has 0 amide bonds. The minimum Gasteiger partial charge on any atom is -0.422 e. The first kappa shape index (κ1) is 16.1. The zero-order chi connectivity index (χ0) is 16.9. The van der Waals surface area contributed by atoms with Crippen molar-refractivity contribution in [3.8, 4) is 6.01 Å². The highest BCUT2D eigenvalue weighted by molar-refractivity contribution is 5.78. The molecule has 0 spiro atoms. The average molecular weight is 328 g/mol. The second-order valence-corrected chi connectivity index (χ2v) is 5.75. The van der Waals surface area contributed by atoms with Gasteiger partial charge in [0.25, 0.3) is 5.56 Å². The van der Waals surface area contributed by atoms with Crippen LogP contribution in [0.2, 0.25) is 0 Å². The molecule has 24 heavy (non-hydrogen) atoms. The monoisotopic (exact) mass is 328 g/mol. The minimum atomic E-state index is -0.291. The van der Waals surface area contributed by atoms with Gasteiger partial charge >= 0.3 is 6.01 Å². The molecule has 0 aromatic carbocycles. The van der Waals surface area contributed by atoms with Crippen LogP contribution in [0.25, 0.3) is 10.9 Å². The van der Waals surface area contributed by atoms with Gasteiger partial charge in [-0.05, 0) is 39.0 Å². The second-order valence-electron chi connectivity index (χ2n) is 5.75. The zero-order valence-corrected chi connectivity index (χ0v) is 13.5. The molecule has 0 aliphatic carbocycles. The molecule has 3 N–H and O–H groups in total. The number of ether oxygens (including phenoxy) is 1. The number of rotatable bonds is 4. The molecule has 0 bridgehead atoms. The van der Waals surface area contributed by atoms with Crippen molar-refractivity contribution in [2.45, 2.75) is 18.9 Å². The predicted octanol–water partition coefficient (Wildman–Crippen LogP) is 0.662. The standard InChI is InChI=1S/C16H20N6O2/c1-22-6-3-11(4-7-22)19-9-12(8-17)24-16-20-14-10-18-5-2-13(14)15(23)21-16/h2,5,8-11H,3-4,6-7,17H2,1H3,(H,20,21,23). The van der Waals surface area contributed by atoms with Gasteiger partial charge in [0.1, 0.15) is 0 Å². The third-order valence-electron chi connectivity index (χ3n) is 3.97. The Morgan fingerprint density at radius 3 is 3.04 bits per heavy atom. The molecule has 0 atom stereocenters. The van der Waals surface area contributed by atoms with Crippen molar-refractivity contribution in [3.63, 3.8) is 0 Å². The Hall–Kier alpha value is -2.74. The van der Waals surface area contributed by atoms with Crippen molar-refractivity contribution in [1.82, 2.24) is 19.9 Å². The number of hydrogen-bond donors (Lipinski definition) is 2. The minimum absolute atomic E-state index is 0.0621. The van der Waals surface area contributed by atoms with Crippen LogP contribution in [-0.4, -0.2) is 52.2 Å². The first-order valence-electron chi connectivity index (χ1n) is 7.81. The second kappa shape index (κ2) is 7.22. The number of nitrogens with two attached hydrogens (primary N) is 1. The molecule has 2 aromatic heterocycles. The molecule has 1 saturated heterocycles. The number of nitrogens with zero attached hydrogens (tertiary/aromatic N) is 4. The van der Waals surface area contributed by atoms with Gasteiger partial charge in [0.2, 0.25) is 0 Å². The van der Waals surface area contributed by atoms with Crippen LogP contribution < -0.4 is 16.0 Å². The summed E-state index contributed by atoms with van der Waals surface area (Å²) in [5, 5.41) is 0.454. The molecule has 0 unspecified atom stereocenters. The fraction of sp³-hybridized carbons (Fsp3) is 0.375. The number of piperidine rings is 1. The van der Waals surface area contributed by atoms with Crippen LogP contribution in [0.1, 0.15) is 12.8 Å². The van der Waals surface area contributed by atoms with Crippen molar-refractivity contribution in [2.75, 3.05) is 20.1 Å². The van der Waals surface area contributed by atoms with E-state index in [2.05, 4.69) is 31.9 Å². The molecule has 2 aromatic rings. The molecule has 1 aliphatic heterocycles. The Labute approximate surface area is 139 Å². The van der Waals surface area contributed by atoms with Crippen LogP contribution in [-0.2, 0) is 0 Å². The smallest absolute Gasteiger partial charge is 0.302 e. The molecule has 8 heteroatoms. The van der Waals surface area contributed by atoms with Crippen LogP contribution in [0, 0.1) is 0 Å². The summed E-state index contributed by atoms with van der Waals surface area (Å²) in [7, 11) is 2.10. The van der Waals surface area contributed by atoms with Gasteiger partial charge in [-0.15, -0.1) is 0 Å². The number of allylic oxidation sites excluding steroid dienone is 1. The summed E-state index contributed by atoms with van der Waals surface area (Å²) in [5.41, 5.74) is 5.76. The first-order chi connectivity index (χ1) is 11.7. The van der Waals surface area contributed by atoms with E-state index in [4.69, 9.17) is 10.5 Å². The lowest BCUT2D eigenvalue weighted by Gasteiger charge is -2.26. The number of aliphatic imine (C=N–C) groups is 1. The fourth-order valence-corrected chi connectivity index (χ4v) is 2.56. The summed E-state index contributed by atoms with van der Waals surface area (Å²) < 4.78 is 5.55. The maximum absolute atomic E-state index is 12.0. The molecule has 1 aliphatic rings. The third-order valence-corrected chi connectivity index (χ3v) is 3.97. The van der Waals surface area contributed by atoms with Crippen molar-refractivity contribution in [3.05, 3.63) is 40.8 Å². The molecular formula is C16H20N6O2. The van der Waals surface area contributed by atoms with Crippen LogP contribution in [0.5, 0.6) is 6.01 Å². The lowest BCUT2D eigenvalue weighted by atomic mass is 10.1. The van der Waals surface area contributed by atoms with E-state index >= 15 is 0 Å². The van der Waals surface area contributed by atoms with Gasteiger partial charge in [-0.1, -0.05) is 0 Å². The number of fused-ring (bicyclic) bond motifs is 1. The van der Waals surface area contributed by atoms with Crippen LogP contribution in [0.15, 0.2) is 40.2 Å². The number of pyridine rings is 1. The summed E-state index contributed by atoms with van der Waals surface area (Å²) in [4.78, 5) is 29.6. The summed E-state index contributed by atoms with van der Waals surface area (Å²) in [6.45, 7) is 2.05. The largest absolute Gasteiger partial charge is 0.422 e. The summed E-state index contributed by atoms with van der Waals surface area (Å²) in [5.74, 6) is 0.334. The molecule has 8 nitrogen and oxygen atoms in total. The Morgan fingerprint density at radius 1 is 1.50 bits per heavy atom. The van der Waals surface area contributed by atoms with Gasteiger partial charge in [-0.2, -0.15) is 4.98 Å². The Bertz CT molecular complexity index is 821. The SMILES string of the molecule is CN1CCC(N=CC(=CN)Oc2nc3cnccc3c(=O)[nH]2)CC1. The molecule has 3 rings (SSSR count). The highest BCUT2D eigenvalue weighted by Crippen LogP contribution is 2.13. The van der Waals surface area contributed by atoms with E-state index in [0.29, 0.717) is 16.7 Å². The van der Waals surface area contributed by atoms with Gasteiger partial charge in [-0.25, -0.2) is 0 Å². The lowest BCUT2D eigenvalue weighted by Crippen LogP contribution is -2.32. The maximum atomic E-state index is 12.0. The Balaban J connectivity index is 1.73. The Morgan fingerprint density at radius 2 is 2.29 bits per heavy atom. The topological polar surface area (TPSA) is 109 Å². The quantitative estimate of drug-likeness (QED) is 0.630. The summed E-state index contributed by atoms with van der Waals surface area (Å²) in [6.07, 6.45) is 7.94. The van der Waals surface area contributed by atoms with Crippen molar-refractivity contribution >= 4 is 17.1 Å². The zero-order valence-electron chi connectivity index (χ0n) is 13.5. The first-order valence-corrected chi connectivity index (χ1v) is 7.81. The summed E-state index contributed by atoms with van der Waals surface area (Å²) in [6, 6.07) is 1.92. The van der Waals surface area contributed by atoms with E-state index in [1.54, 1.807) is 18.5 Å². The maximum Gasteiger partial charge on any atom is 0.302 e. The number of hydrogen-bond acceptors (Lipinski definition) is 7. The average Bonchev–Trinajstić information content (AvgIpc) is 2.60. The number of H-pyrrole nitrogens is 1. The molecule has 0 saturated carbocycles. The Kier molecular flexibility index (Phi) is 4.85. The van der Waals surface area contributed by atoms with E-state index < -0.39 is 0 Å². The highest BCUT2D eigenvalue weighted by Gasteiger charge is 2.15. The normalized spacial score (nSPS) is 17.6. The molecular weight excluding hydrogens is 308 g/mol. The molecule has 126 valence electrons. The highest BCUT2D eigenvalue weighted by atomic mass is 16.5. The van der Waals surface area contributed by atoms with Gasteiger partial charge < -0.3 is 15.4 Å². The van der Waals surface area contributed by atoms with Gasteiger partial charge in [0.05, 0.1) is 29.4 Å². The van der Waals surface area contributed by atoms with Crippen LogP contribution >= 0.6 is 0 Å². The number of nitrogens with one attached hydrogen (secondary N) is 1. The van der Waals surface area contributed by atoms with Crippen molar-refractivity contribution < 1.29 is 4.74 Å². The van der Waals surface area contributed by atoms with Gasteiger partial charge in [-0.3, -0.25) is 19.8 Å². The van der Waals surface area contributed by atoms with Crippen molar-refractivity contribution in [1.29, 1.82) is 0 Å². The van der Waals surface area contributed by atoms with E-state index in [0.717, 1.165) is 25.9 Å². The van der Waals surface area contributed by atoms with Gasteiger partial charge in [0.15, 0.2) is 5.76 Å². The third kappa shape index (κ3) is 3.77. The number of aromatic amines is 1. The number of aromatic nitrogens is 3. The number of likely N-dealkylation sites (tertiary alicyclic amines) is 1. The van der Waals surface area contributed by atoms with Crippen LogP contribution in [0.3, 0.4) is 0 Å². The molecule has 0 radical (unpaired) electrons. The van der Waals surface area contributed by atoms with E-state index in [1.807, 2.05) is 0 Å². The van der Waals surface area contributed by atoms with Gasteiger partial charge in [0, 0.05) is 12.4 Å². The van der Waals surface area contributed by atoms with E-state index in [-0.39, 0.29) is 17.6 Å².